The molecule has 3 N–H and O–H groups in total. The van der Waals surface area contributed by atoms with Gasteiger partial charge in [-0.2, -0.15) is 0 Å². The first-order chi connectivity index (χ1) is 8.86. The molecule has 0 aliphatic rings. The number of primary sulfonamides is 1. The maximum absolute atomic E-state index is 13.2. The zero-order chi connectivity index (χ0) is 14.0. The van der Waals surface area contributed by atoms with Crippen LogP contribution in [0, 0.1) is 5.82 Å². The lowest BCUT2D eigenvalue weighted by molar-refractivity contribution is 0.600. The summed E-state index contributed by atoms with van der Waals surface area (Å²) in [6.07, 6.45) is 0. The van der Waals surface area contributed by atoms with Crippen LogP contribution < -0.4 is 10.5 Å². The highest BCUT2D eigenvalue weighted by Crippen LogP contribution is 2.23. The summed E-state index contributed by atoms with van der Waals surface area (Å²) in [5.41, 5.74) is 0.562. The summed E-state index contributed by atoms with van der Waals surface area (Å²) in [4.78, 5) is 0.777. The van der Waals surface area contributed by atoms with Gasteiger partial charge in [-0.3, -0.25) is 0 Å². The summed E-state index contributed by atoms with van der Waals surface area (Å²) >= 11 is 6.64. The lowest BCUT2D eigenvalue weighted by Crippen LogP contribution is -2.09. The largest absolute Gasteiger partial charge is 0.380 e. The second-order valence-corrected chi connectivity index (χ2v) is 7.11. The predicted octanol–water partition coefficient (Wildman–Crippen LogP) is 2.80. The van der Waals surface area contributed by atoms with Crippen LogP contribution in [0.25, 0.3) is 0 Å². The summed E-state index contributed by atoms with van der Waals surface area (Å²) in [7, 11) is -3.66. The molecule has 1 aromatic carbocycles. The van der Waals surface area contributed by atoms with Crippen molar-refractivity contribution >= 4 is 38.6 Å². The fourth-order valence-electron chi connectivity index (χ4n) is 1.40. The van der Waals surface area contributed by atoms with Gasteiger partial charge in [-0.25, -0.2) is 17.9 Å². The second kappa shape index (κ2) is 5.46. The van der Waals surface area contributed by atoms with Crippen LogP contribution in [-0.2, 0) is 16.6 Å². The van der Waals surface area contributed by atoms with Gasteiger partial charge in [-0.1, -0.05) is 11.6 Å². The van der Waals surface area contributed by atoms with E-state index in [1.165, 1.54) is 18.2 Å². The number of hydrogen-bond acceptors (Lipinski definition) is 4. The molecule has 0 unspecified atom stereocenters. The molecule has 102 valence electrons. The molecule has 1 heterocycles. The second-order valence-electron chi connectivity index (χ2n) is 3.75. The van der Waals surface area contributed by atoms with Gasteiger partial charge in [0.2, 0.25) is 10.0 Å². The van der Waals surface area contributed by atoms with E-state index in [2.05, 4.69) is 5.32 Å². The van der Waals surface area contributed by atoms with Crippen LogP contribution in [0.5, 0.6) is 0 Å². The van der Waals surface area contributed by atoms with E-state index in [4.69, 9.17) is 16.7 Å². The van der Waals surface area contributed by atoms with E-state index in [9.17, 15) is 12.8 Å². The topological polar surface area (TPSA) is 72.2 Å². The van der Waals surface area contributed by atoms with Gasteiger partial charge < -0.3 is 5.32 Å². The number of nitrogens with two attached hydrogens (primary N) is 1. The van der Waals surface area contributed by atoms with Crippen molar-refractivity contribution in [3.05, 3.63) is 46.0 Å². The van der Waals surface area contributed by atoms with Crippen molar-refractivity contribution < 1.29 is 12.8 Å². The predicted molar refractivity (Wildman–Crippen MR) is 74.4 cm³/mol. The SMILES string of the molecule is NS(=O)(=O)c1ccc(CNc2ccc(Cl)c(F)c2)s1. The van der Waals surface area contributed by atoms with E-state index in [0.717, 1.165) is 16.2 Å². The third kappa shape index (κ3) is 3.66. The molecule has 0 amide bonds. The summed E-state index contributed by atoms with van der Waals surface area (Å²) in [6, 6.07) is 7.46. The van der Waals surface area contributed by atoms with Gasteiger partial charge >= 0.3 is 0 Å². The molecule has 4 nitrogen and oxygen atoms in total. The first kappa shape index (κ1) is 14.3. The minimum atomic E-state index is -3.66. The zero-order valence-corrected chi connectivity index (χ0v) is 11.9. The van der Waals surface area contributed by atoms with E-state index in [0.29, 0.717) is 12.2 Å². The molecule has 19 heavy (non-hydrogen) atoms. The Morgan fingerprint density at radius 3 is 2.63 bits per heavy atom. The highest BCUT2D eigenvalue weighted by molar-refractivity contribution is 7.91. The van der Waals surface area contributed by atoms with Gasteiger partial charge in [-0.15, -0.1) is 11.3 Å². The Morgan fingerprint density at radius 2 is 2.05 bits per heavy atom. The van der Waals surface area contributed by atoms with Gasteiger partial charge in [-0.05, 0) is 30.3 Å². The summed E-state index contributed by atoms with van der Waals surface area (Å²) in [5, 5.41) is 8.04. The van der Waals surface area contributed by atoms with Crippen LogP contribution in [0.2, 0.25) is 5.02 Å². The Balaban J connectivity index is 2.06. The Hall–Kier alpha value is -1.15. The molecule has 0 fully saturated rings. The van der Waals surface area contributed by atoms with Crippen molar-refractivity contribution in [2.75, 3.05) is 5.32 Å². The maximum atomic E-state index is 13.2. The lowest BCUT2D eigenvalue weighted by atomic mass is 10.3. The van der Waals surface area contributed by atoms with Gasteiger partial charge in [0.25, 0.3) is 0 Å². The highest BCUT2D eigenvalue weighted by atomic mass is 35.5. The molecule has 0 atom stereocenters. The molecular weight excluding hydrogens is 311 g/mol. The fraction of sp³-hybridized carbons (Fsp3) is 0.0909. The molecule has 0 saturated heterocycles. The molecule has 0 saturated carbocycles. The first-order valence-electron chi connectivity index (χ1n) is 5.17. The van der Waals surface area contributed by atoms with Crippen molar-refractivity contribution in [1.82, 2.24) is 0 Å². The number of rotatable bonds is 4. The average molecular weight is 321 g/mol. The van der Waals surface area contributed by atoms with Gasteiger partial charge in [0.15, 0.2) is 0 Å². The molecule has 0 radical (unpaired) electrons. The van der Waals surface area contributed by atoms with Crippen LogP contribution in [0.1, 0.15) is 4.88 Å². The molecule has 8 heteroatoms. The minimum absolute atomic E-state index is 0.0539. The highest BCUT2D eigenvalue weighted by Gasteiger charge is 2.11. The molecular formula is C11H10ClFN2O2S2. The maximum Gasteiger partial charge on any atom is 0.247 e. The molecule has 1 aromatic heterocycles. The van der Waals surface area contributed by atoms with Crippen LogP contribution >= 0.6 is 22.9 Å². The first-order valence-corrected chi connectivity index (χ1v) is 7.91. The van der Waals surface area contributed by atoms with Crippen LogP contribution in [0.15, 0.2) is 34.5 Å². The third-order valence-electron chi connectivity index (χ3n) is 2.30. The van der Waals surface area contributed by atoms with Crippen LogP contribution in [-0.4, -0.2) is 8.42 Å². The molecule has 2 rings (SSSR count). The van der Waals surface area contributed by atoms with E-state index in [1.807, 2.05) is 0 Å². The number of sulfonamides is 1. The van der Waals surface area contributed by atoms with Crippen molar-refractivity contribution in [3.8, 4) is 0 Å². The molecule has 0 aliphatic carbocycles. The van der Waals surface area contributed by atoms with Crippen LogP contribution in [0.3, 0.4) is 0 Å². The number of anilines is 1. The lowest BCUT2D eigenvalue weighted by Gasteiger charge is -2.05. The molecule has 0 bridgehead atoms. The number of benzene rings is 1. The Kier molecular flexibility index (Phi) is 4.10. The van der Waals surface area contributed by atoms with Gasteiger partial charge in [0.1, 0.15) is 10.0 Å². The number of hydrogen-bond donors (Lipinski definition) is 2. The van der Waals surface area contributed by atoms with Crippen LogP contribution in [0.4, 0.5) is 10.1 Å². The minimum Gasteiger partial charge on any atom is -0.380 e. The number of halogens is 2. The summed E-state index contributed by atoms with van der Waals surface area (Å²) in [5.74, 6) is -0.511. The average Bonchev–Trinajstić information content (AvgIpc) is 2.79. The summed E-state index contributed by atoms with van der Waals surface area (Å²) in [6.45, 7) is 0.376. The Bertz CT molecular complexity index is 700. The fourth-order valence-corrected chi connectivity index (χ4v) is 3.24. The summed E-state index contributed by atoms with van der Waals surface area (Å²) < 4.78 is 35.5. The third-order valence-corrected chi connectivity index (χ3v) is 5.13. The Labute approximate surface area is 119 Å². The van der Waals surface area contributed by atoms with Crippen molar-refractivity contribution in [1.29, 1.82) is 0 Å². The van der Waals surface area contributed by atoms with E-state index >= 15 is 0 Å². The monoisotopic (exact) mass is 320 g/mol. The zero-order valence-electron chi connectivity index (χ0n) is 9.56. The van der Waals surface area contributed by atoms with Crippen molar-refractivity contribution in [2.45, 2.75) is 10.8 Å². The van der Waals surface area contributed by atoms with Gasteiger partial charge in [0, 0.05) is 17.1 Å². The normalized spacial score (nSPS) is 11.5. The van der Waals surface area contributed by atoms with E-state index < -0.39 is 15.8 Å². The van der Waals surface area contributed by atoms with Crippen molar-refractivity contribution in [3.63, 3.8) is 0 Å². The van der Waals surface area contributed by atoms with E-state index in [1.54, 1.807) is 12.1 Å². The molecule has 0 aliphatic heterocycles. The molecule has 2 aromatic rings. The van der Waals surface area contributed by atoms with Gasteiger partial charge in [0.05, 0.1) is 5.02 Å². The molecule has 0 spiro atoms. The van der Waals surface area contributed by atoms with Crippen molar-refractivity contribution in [2.24, 2.45) is 5.14 Å². The Morgan fingerprint density at radius 1 is 1.32 bits per heavy atom. The quantitative estimate of drug-likeness (QED) is 0.910. The number of nitrogens with one attached hydrogen (secondary N) is 1. The standard InChI is InChI=1S/C11H10ClFN2O2S2/c12-9-3-1-7(5-10(9)13)15-6-8-2-4-11(18-8)19(14,16)17/h1-5,15H,6H2,(H2,14,16,17). The number of thiophene rings is 1. The smallest absolute Gasteiger partial charge is 0.247 e. The van der Waals surface area contributed by atoms with E-state index in [-0.39, 0.29) is 9.23 Å².